The molecule has 0 spiro atoms. The molecule has 1 rings (SSSR count). The first-order chi connectivity index (χ1) is 9.00. The third-order valence-corrected chi connectivity index (χ3v) is 3.60. The average Bonchev–Trinajstić information content (AvgIpc) is 2.26. The number of halogens is 1. The SMILES string of the molecule is CC(C)(C)C1NC(=O)C(C(C)(C)C)N(CCCF)C1=O. The summed E-state index contributed by atoms with van der Waals surface area (Å²) in [4.78, 5) is 26.7. The van der Waals surface area contributed by atoms with Gasteiger partial charge in [0.15, 0.2) is 0 Å². The van der Waals surface area contributed by atoms with Crippen LogP contribution in [0.3, 0.4) is 0 Å². The van der Waals surface area contributed by atoms with Gasteiger partial charge in [-0.1, -0.05) is 41.5 Å². The predicted octanol–water partition coefficient (Wildman–Crippen LogP) is 2.13. The van der Waals surface area contributed by atoms with E-state index in [0.717, 1.165) is 0 Å². The maximum absolute atomic E-state index is 12.7. The summed E-state index contributed by atoms with van der Waals surface area (Å²) < 4.78 is 12.5. The summed E-state index contributed by atoms with van der Waals surface area (Å²) in [5.74, 6) is -0.249. The van der Waals surface area contributed by atoms with E-state index >= 15 is 0 Å². The Morgan fingerprint density at radius 3 is 2.05 bits per heavy atom. The van der Waals surface area contributed by atoms with Crippen molar-refractivity contribution in [2.75, 3.05) is 13.2 Å². The summed E-state index contributed by atoms with van der Waals surface area (Å²) in [5.41, 5.74) is -0.734. The number of piperazine rings is 1. The van der Waals surface area contributed by atoms with Gasteiger partial charge < -0.3 is 10.2 Å². The molecular weight excluding hydrogens is 259 g/mol. The third-order valence-electron chi connectivity index (χ3n) is 3.60. The number of rotatable bonds is 3. The maximum Gasteiger partial charge on any atom is 0.246 e. The molecule has 0 aliphatic carbocycles. The second-order valence-corrected chi connectivity index (χ2v) is 7.65. The van der Waals surface area contributed by atoms with Crippen molar-refractivity contribution in [3.05, 3.63) is 0 Å². The molecule has 1 fully saturated rings. The van der Waals surface area contributed by atoms with Crippen molar-refractivity contribution in [1.29, 1.82) is 0 Å². The summed E-state index contributed by atoms with van der Waals surface area (Å²) in [7, 11) is 0. The molecule has 1 aliphatic heterocycles. The molecule has 0 radical (unpaired) electrons. The van der Waals surface area contributed by atoms with Crippen LogP contribution in [0.1, 0.15) is 48.0 Å². The van der Waals surface area contributed by atoms with Crippen LogP contribution >= 0.6 is 0 Å². The minimum absolute atomic E-state index is 0.106. The Morgan fingerprint density at radius 2 is 1.65 bits per heavy atom. The van der Waals surface area contributed by atoms with Gasteiger partial charge in [-0.3, -0.25) is 14.0 Å². The van der Waals surface area contributed by atoms with Crippen LogP contribution in [0, 0.1) is 10.8 Å². The lowest BCUT2D eigenvalue weighted by molar-refractivity contribution is -0.157. The number of amides is 2. The predicted molar refractivity (Wildman–Crippen MR) is 76.9 cm³/mol. The molecule has 0 aromatic heterocycles. The molecular formula is C15H27FN2O2. The zero-order chi connectivity index (χ0) is 15.7. The van der Waals surface area contributed by atoms with Gasteiger partial charge in [-0.05, 0) is 17.3 Å². The normalized spacial score (nSPS) is 24.9. The van der Waals surface area contributed by atoms with Gasteiger partial charge in [0, 0.05) is 6.54 Å². The van der Waals surface area contributed by atoms with Crippen molar-refractivity contribution in [1.82, 2.24) is 10.2 Å². The van der Waals surface area contributed by atoms with E-state index in [1.165, 1.54) is 0 Å². The number of carbonyl (C=O) groups is 2. The van der Waals surface area contributed by atoms with E-state index in [1.807, 2.05) is 41.5 Å². The summed E-state index contributed by atoms with van der Waals surface area (Å²) >= 11 is 0. The lowest BCUT2D eigenvalue weighted by Crippen LogP contribution is -2.69. The number of hydrogen-bond donors (Lipinski definition) is 1. The molecule has 116 valence electrons. The molecule has 2 atom stereocenters. The maximum atomic E-state index is 12.7. The van der Waals surface area contributed by atoms with Crippen molar-refractivity contribution in [2.24, 2.45) is 10.8 Å². The van der Waals surface area contributed by atoms with Crippen LogP contribution in [0.2, 0.25) is 0 Å². The van der Waals surface area contributed by atoms with E-state index in [4.69, 9.17) is 0 Å². The van der Waals surface area contributed by atoms with Gasteiger partial charge in [0.05, 0.1) is 6.67 Å². The average molecular weight is 286 g/mol. The van der Waals surface area contributed by atoms with Gasteiger partial charge in [-0.2, -0.15) is 0 Å². The molecule has 0 aromatic rings. The second kappa shape index (κ2) is 5.70. The fraction of sp³-hybridized carbons (Fsp3) is 0.867. The van der Waals surface area contributed by atoms with Crippen molar-refractivity contribution in [3.8, 4) is 0 Å². The van der Waals surface area contributed by atoms with Crippen molar-refractivity contribution in [2.45, 2.75) is 60.0 Å². The Bertz CT molecular complexity index is 382. The van der Waals surface area contributed by atoms with E-state index in [1.54, 1.807) is 4.90 Å². The Balaban J connectivity index is 3.11. The summed E-state index contributed by atoms with van der Waals surface area (Å²) in [6.07, 6.45) is 0.266. The van der Waals surface area contributed by atoms with Gasteiger partial charge in [0.25, 0.3) is 0 Å². The molecule has 1 heterocycles. The smallest absolute Gasteiger partial charge is 0.246 e. The molecule has 2 amide bonds. The molecule has 4 nitrogen and oxygen atoms in total. The topological polar surface area (TPSA) is 49.4 Å². The highest BCUT2D eigenvalue weighted by atomic mass is 19.1. The van der Waals surface area contributed by atoms with E-state index < -0.39 is 18.8 Å². The molecule has 5 heteroatoms. The number of hydrogen-bond acceptors (Lipinski definition) is 2. The number of nitrogens with zero attached hydrogens (tertiary/aromatic N) is 1. The highest BCUT2D eigenvalue weighted by molar-refractivity contribution is 5.97. The van der Waals surface area contributed by atoms with Crippen LogP contribution in [-0.2, 0) is 9.59 Å². The monoisotopic (exact) mass is 286 g/mol. The number of carbonyl (C=O) groups excluding carboxylic acids is 2. The van der Waals surface area contributed by atoms with Crippen molar-refractivity contribution >= 4 is 11.8 Å². The largest absolute Gasteiger partial charge is 0.342 e. The van der Waals surface area contributed by atoms with Crippen LogP contribution < -0.4 is 5.32 Å². The molecule has 0 bridgehead atoms. The number of alkyl halides is 1. The first-order valence-corrected chi connectivity index (χ1v) is 7.17. The summed E-state index contributed by atoms with van der Waals surface area (Å²) in [5, 5.41) is 2.85. The molecule has 1 aliphatic rings. The first kappa shape index (κ1) is 16.9. The molecule has 1 N–H and O–H groups in total. The standard InChI is InChI=1S/C15H27FN2O2/c1-14(2,3)10-13(20)18(9-7-8-16)11(12(19)17-10)15(4,5)6/h10-11H,7-9H2,1-6H3,(H,17,19). The minimum atomic E-state index is -0.548. The molecule has 0 saturated carbocycles. The van der Waals surface area contributed by atoms with E-state index in [-0.39, 0.29) is 35.6 Å². The Morgan fingerprint density at radius 1 is 1.10 bits per heavy atom. The fourth-order valence-corrected chi connectivity index (χ4v) is 2.63. The second-order valence-electron chi connectivity index (χ2n) is 7.65. The first-order valence-electron chi connectivity index (χ1n) is 7.17. The zero-order valence-electron chi connectivity index (χ0n) is 13.4. The van der Waals surface area contributed by atoms with Gasteiger partial charge >= 0.3 is 0 Å². The van der Waals surface area contributed by atoms with Crippen LogP contribution in [0.5, 0.6) is 0 Å². The third kappa shape index (κ3) is 3.49. The van der Waals surface area contributed by atoms with Crippen LogP contribution in [0.4, 0.5) is 4.39 Å². The summed E-state index contributed by atoms with van der Waals surface area (Å²) in [6, 6.07) is -1.09. The van der Waals surface area contributed by atoms with E-state index in [2.05, 4.69) is 5.32 Å². The lowest BCUT2D eigenvalue weighted by Gasteiger charge is -2.47. The zero-order valence-corrected chi connectivity index (χ0v) is 13.4. The highest BCUT2D eigenvalue weighted by Gasteiger charge is 2.48. The lowest BCUT2D eigenvalue weighted by atomic mass is 9.78. The van der Waals surface area contributed by atoms with E-state index in [9.17, 15) is 14.0 Å². The van der Waals surface area contributed by atoms with E-state index in [0.29, 0.717) is 0 Å². The van der Waals surface area contributed by atoms with Crippen molar-refractivity contribution in [3.63, 3.8) is 0 Å². The molecule has 1 saturated heterocycles. The van der Waals surface area contributed by atoms with Gasteiger partial charge in [0.2, 0.25) is 11.8 Å². The molecule has 0 aromatic carbocycles. The number of nitrogens with one attached hydrogen (secondary N) is 1. The van der Waals surface area contributed by atoms with Gasteiger partial charge in [0.1, 0.15) is 12.1 Å². The summed E-state index contributed by atoms with van der Waals surface area (Å²) in [6.45, 7) is 11.3. The van der Waals surface area contributed by atoms with Crippen LogP contribution in [0.15, 0.2) is 0 Å². The van der Waals surface area contributed by atoms with Gasteiger partial charge in [-0.25, -0.2) is 0 Å². The van der Waals surface area contributed by atoms with Crippen LogP contribution in [-0.4, -0.2) is 42.0 Å². The van der Waals surface area contributed by atoms with Crippen LogP contribution in [0.25, 0.3) is 0 Å². The fourth-order valence-electron chi connectivity index (χ4n) is 2.63. The Labute approximate surface area is 121 Å². The highest BCUT2D eigenvalue weighted by Crippen LogP contribution is 2.32. The Kier molecular flexibility index (Phi) is 4.82. The van der Waals surface area contributed by atoms with Gasteiger partial charge in [-0.15, -0.1) is 0 Å². The minimum Gasteiger partial charge on any atom is -0.342 e. The molecule has 20 heavy (non-hydrogen) atoms. The van der Waals surface area contributed by atoms with Crippen molar-refractivity contribution < 1.29 is 14.0 Å². The Hall–Kier alpha value is -1.13. The molecule has 2 unspecified atom stereocenters. The quantitative estimate of drug-likeness (QED) is 0.864.